The van der Waals surface area contributed by atoms with Crippen LogP contribution >= 0.6 is 0 Å². The van der Waals surface area contributed by atoms with E-state index in [0.717, 1.165) is 36.1 Å². The first-order valence-corrected chi connectivity index (χ1v) is 6.39. The third-order valence-electron chi connectivity index (χ3n) is 2.84. The summed E-state index contributed by atoms with van der Waals surface area (Å²) < 4.78 is 5.66. The van der Waals surface area contributed by atoms with Gasteiger partial charge in [-0.05, 0) is 63.8 Å². The Balaban J connectivity index is 0.00000324. The molecule has 19 heavy (non-hydrogen) atoms. The van der Waals surface area contributed by atoms with E-state index in [1.807, 2.05) is 32.0 Å². The fourth-order valence-electron chi connectivity index (χ4n) is 1.84. The van der Waals surface area contributed by atoms with Gasteiger partial charge in [-0.1, -0.05) is 13.0 Å². The second kappa shape index (κ2) is 8.52. The molecule has 0 N–H and O–H groups in total. The minimum absolute atomic E-state index is 0. The highest BCUT2D eigenvalue weighted by Gasteiger charge is 2.04. The molecule has 1 rings (SSSR count). The summed E-state index contributed by atoms with van der Waals surface area (Å²) in [6, 6.07) is 5.62. The van der Waals surface area contributed by atoms with Crippen molar-refractivity contribution in [3.8, 4) is 5.75 Å². The average molecular weight is 262 g/mol. The lowest BCUT2D eigenvalue weighted by atomic mass is 10.1. The van der Waals surface area contributed by atoms with E-state index in [-0.39, 0.29) is 13.2 Å². The fraction of sp³-hybridized carbons (Fsp3) is 0.471. The standard InChI is InChI=1S/C16H22O2.CH4/c1-12(2)7-5-6-10-18-15-8-9-16(14(4)17)13(3)11-15;/h8-9,11H,1,5-7,10H2,2-4H3;1H4. The molecule has 0 saturated carbocycles. The normalized spacial score (nSPS) is 9.63. The molecular formula is C17H26O2. The van der Waals surface area contributed by atoms with Gasteiger partial charge in [0.15, 0.2) is 5.78 Å². The van der Waals surface area contributed by atoms with Crippen LogP contribution in [0.15, 0.2) is 30.4 Å². The topological polar surface area (TPSA) is 26.3 Å². The number of hydrogen-bond acceptors (Lipinski definition) is 2. The van der Waals surface area contributed by atoms with Crippen molar-refractivity contribution in [2.45, 2.75) is 47.5 Å². The number of carbonyl (C=O) groups is 1. The van der Waals surface area contributed by atoms with Crippen LogP contribution in [0.25, 0.3) is 0 Å². The van der Waals surface area contributed by atoms with Gasteiger partial charge in [0.05, 0.1) is 6.61 Å². The van der Waals surface area contributed by atoms with Crippen molar-refractivity contribution in [1.82, 2.24) is 0 Å². The van der Waals surface area contributed by atoms with E-state index in [1.54, 1.807) is 6.92 Å². The second-order valence-corrected chi connectivity index (χ2v) is 4.80. The summed E-state index contributed by atoms with van der Waals surface area (Å²) in [4.78, 5) is 11.3. The average Bonchev–Trinajstić information content (AvgIpc) is 2.27. The Bertz CT molecular complexity index is 433. The Kier molecular flexibility index (Phi) is 7.81. The van der Waals surface area contributed by atoms with Gasteiger partial charge in [-0.2, -0.15) is 0 Å². The summed E-state index contributed by atoms with van der Waals surface area (Å²) >= 11 is 0. The number of allylic oxidation sites excluding steroid dienone is 1. The molecule has 2 heteroatoms. The monoisotopic (exact) mass is 262 g/mol. The lowest BCUT2D eigenvalue weighted by Gasteiger charge is -2.08. The van der Waals surface area contributed by atoms with Crippen molar-refractivity contribution >= 4 is 5.78 Å². The zero-order chi connectivity index (χ0) is 13.5. The molecule has 0 heterocycles. The molecule has 0 spiro atoms. The number of carbonyl (C=O) groups excluding carboxylic acids is 1. The zero-order valence-electron chi connectivity index (χ0n) is 11.6. The first kappa shape index (κ1) is 17.4. The minimum atomic E-state index is 0. The number of benzene rings is 1. The van der Waals surface area contributed by atoms with E-state index < -0.39 is 0 Å². The van der Waals surface area contributed by atoms with Gasteiger partial charge >= 0.3 is 0 Å². The molecule has 0 radical (unpaired) electrons. The molecule has 0 saturated heterocycles. The first-order chi connectivity index (χ1) is 8.50. The Morgan fingerprint density at radius 1 is 1.26 bits per heavy atom. The minimum Gasteiger partial charge on any atom is -0.494 e. The lowest BCUT2D eigenvalue weighted by molar-refractivity contribution is 0.101. The van der Waals surface area contributed by atoms with Gasteiger partial charge in [-0.15, -0.1) is 6.58 Å². The summed E-state index contributed by atoms with van der Waals surface area (Å²) in [6.07, 6.45) is 3.20. The van der Waals surface area contributed by atoms with E-state index in [9.17, 15) is 4.79 Å². The zero-order valence-corrected chi connectivity index (χ0v) is 11.6. The highest BCUT2D eigenvalue weighted by atomic mass is 16.5. The van der Waals surface area contributed by atoms with Crippen molar-refractivity contribution in [2.75, 3.05) is 6.61 Å². The Hall–Kier alpha value is -1.57. The van der Waals surface area contributed by atoms with Crippen molar-refractivity contribution in [3.63, 3.8) is 0 Å². The summed E-state index contributed by atoms with van der Waals surface area (Å²) in [5.74, 6) is 0.938. The SMILES string of the molecule is C.C=C(C)CCCCOc1ccc(C(C)=O)c(C)c1. The third-order valence-corrected chi connectivity index (χ3v) is 2.84. The first-order valence-electron chi connectivity index (χ1n) is 6.39. The van der Waals surface area contributed by atoms with Crippen LogP contribution in [-0.4, -0.2) is 12.4 Å². The molecule has 0 fully saturated rings. The number of unbranched alkanes of at least 4 members (excludes halogenated alkanes) is 1. The molecule has 0 aromatic heterocycles. The van der Waals surface area contributed by atoms with Gasteiger partial charge in [0.2, 0.25) is 0 Å². The molecular weight excluding hydrogens is 236 g/mol. The smallest absolute Gasteiger partial charge is 0.160 e. The summed E-state index contributed by atoms with van der Waals surface area (Å²) in [7, 11) is 0. The van der Waals surface area contributed by atoms with Gasteiger partial charge in [-0.25, -0.2) is 0 Å². The molecule has 0 atom stereocenters. The third kappa shape index (κ3) is 6.23. The van der Waals surface area contributed by atoms with Crippen molar-refractivity contribution in [3.05, 3.63) is 41.5 Å². The lowest BCUT2D eigenvalue weighted by Crippen LogP contribution is -2.00. The molecule has 0 aliphatic heterocycles. The van der Waals surface area contributed by atoms with Crippen LogP contribution in [0.2, 0.25) is 0 Å². The fourth-order valence-corrected chi connectivity index (χ4v) is 1.84. The van der Waals surface area contributed by atoms with Crippen LogP contribution in [0.3, 0.4) is 0 Å². The summed E-state index contributed by atoms with van der Waals surface area (Å²) in [5.41, 5.74) is 2.96. The second-order valence-electron chi connectivity index (χ2n) is 4.80. The molecule has 0 bridgehead atoms. The maximum absolute atomic E-state index is 11.3. The van der Waals surface area contributed by atoms with E-state index in [1.165, 1.54) is 5.57 Å². The van der Waals surface area contributed by atoms with Crippen molar-refractivity contribution in [1.29, 1.82) is 0 Å². The molecule has 1 aromatic rings. The number of hydrogen-bond donors (Lipinski definition) is 0. The van der Waals surface area contributed by atoms with Crippen LogP contribution in [0.4, 0.5) is 0 Å². The van der Waals surface area contributed by atoms with Gasteiger partial charge in [0.1, 0.15) is 5.75 Å². The largest absolute Gasteiger partial charge is 0.494 e. The number of rotatable bonds is 7. The molecule has 1 aromatic carbocycles. The Labute approximate surface area is 117 Å². The van der Waals surface area contributed by atoms with Crippen LogP contribution in [-0.2, 0) is 0 Å². The number of ketones is 1. The molecule has 0 amide bonds. The molecule has 0 unspecified atom stereocenters. The van der Waals surface area contributed by atoms with Gasteiger partial charge < -0.3 is 4.74 Å². The molecule has 106 valence electrons. The molecule has 0 aliphatic rings. The Morgan fingerprint density at radius 2 is 1.95 bits per heavy atom. The molecule has 2 nitrogen and oxygen atoms in total. The highest BCUT2D eigenvalue weighted by molar-refractivity contribution is 5.95. The summed E-state index contributed by atoms with van der Waals surface area (Å²) in [6.45, 7) is 10.2. The Morgan fingerprint density at radius 3 is 2.47 bits per heavy atom. The van der Waals surface area contributed by atoms with Gasteiger partial charge in [0, 0.05) is 5.56 Å². The van der Waals surface area contributed by atoms with Crippen LogP contribution < -0.4 is 4.74 Å². The van der Waals surface area contributed by atoms with E-state index in [2.05, 4.69) is 6.58 Å². The summed E-state index contributed by atoms with van der Waals surface area (Å²) in [5, 5.41) is 0. The van der Waals surface area contributed by atoms with Gasteiger partial charge in [-0.3, -0.25) is 4.79 Å². The maximum atomic E-state index is 11.3. The van der Waals surface area contributed by atoms with Crippen molar-refractivity contribution < 1.29 is 9.53 Å². The van der Waals surface area contributed by atoms with Gasteiger partial charge in [0.25, 0.3) is 0 Å². The maximum Gasteiger partial charge on any atom is 0.160 e. The van der Waals surface area contributed by atoms with Crippen LogP contribution in [0.5, 0.6) is 5.75 Å². The van der Waals surface area contributed by atoms with E-state index >= 15 is 0 Å². The predicted octanol–water partition coefficient (Wildman–Crippen LogP) is 4.96. The quantitative estimate of drug-likeness (QED) is 0.394. The number of aryl methyl sites for hydroxylation is 1. The number of Topliss-reactive ketones (excluding diaryl/α,β-unsaturated/α-hetero) is 1. The van der Waals surface area contributed by atoms with Crippen molar-refractivity contribution in [2.24, 2.45) is 0 Å². The predicted molar refractivity (Wildman–Crippen MR) is 82.1 cm³/mol. The van der Waals surface area contributed by atoms with Crippen LogP contribution in [0.1, 0.15) is 56.5 Å². The molecule has 0 aliphatic carbocycles. The highest BCUT2D eigenvalue weighted by Crippen LogP contribution is 2.18. The van der Waals surface area contributed by atoms with Crippen LogP contribution in [0, 0.1) is 6.92 Å². The number of ether oxygens (including phenoxy) is 1. The van der Waals surface area contributed by atoms with E-state index in [0.29, 0.717) is 6.61 Å². The van der Waals surface area contributed by atoms with E-state index in [4.69, 9.17) is 4.74 Å².